The van der Waals surface area contributed by atoms with E-state index in [0.29, 0.717) is 22.3 Å². The summed E-state index contributed by atoms with van der Waals surface area (Å²) < 4.78 is 0. The van der Waals surface area contributed by atoms with Crippen LogP contribution in [0.25, 0.3) is 6.08 Å². The molecule has 0 amide bonds. The van der Waals surface area contributed by atoms with Crippen molar-refractivity contribution in [3.8, 4) is 0 Å². The smallest absolute Gasteiger partial charge is 0.269 e. The Kier molecular flexibility index (Phi) is 5.41. The van der Waals surface area contributed by atoms with Crippen LogP contribution in [0.3, 0.4) is 0 Å². The van der Waals surface area contributed by atoms with Crippen molar-refractivity contribution in [1.82, 2.24) is 0 Å². The maximum absolute atomic E-state index is 14.6. The average molecular weight is 541 g/mol. The molecule has 1 saturated heterocycles. The minimum atomic E-state index is -1.70. The zero-order valence-electron chi connectivity index (χ0n) is 22.1. The Balaban J connectivity index is 1.57. The van der Waals surface area contributed by atoms with Gasteiger partial charge >= 0.3 is 0 Å². The number of ketones is 3. The van der Waals surface area contributed by atoms with Gasteiger partial charge in [-0.15, -0.1) is 0 Å². The fraction of sp³-hybridized carbons (Fsp3) is 0.147. The van der Waals surface area contributed by atoms with Gasteiger partial charge in [-0.1, -0.05) is 91.0 Å². The normalized spacial score (nSPS) is 21.5. The number of aryl methyl sites for hydroxylation is 1. The SMILES string of the molecule is Cc1ccc2c(c1)N1C(C=C2)C2(C(=O)c3ccccc3C2=O)[C@H](c2cccc([N+](=O)[O-])c2)[C@H]1C(=O)c1ccccc1. The van der Waals surface area contributed by atoms with Crippen molar-refractivity contribution >= 4 is 34.8 Å². The highest BCUT2D eigenvalue weighted by molar-refractivity contribution is 6.32. The highest BCUT2D eigenvalue weighted by Crippen LogP contribution is 2.61. The number of nitro benzene ring substituents is 1. The Labute approximate surface area is 235 Å². The van der Waals surface area contributed by atoms with Gasteiger partial charge in [0.15, 0.2) is 17.3 Å². The second-order valence-corrected chi connectivity index (χ2v) is 10.9. The number of nitro groups is 1. The summed E-state index contributed by atoms with van der Waals surface area (Å²) in [5.41, 5.74) is 2.15. The lowest BCUT2D eigenvalue weighted by Gasteiger charge is -2.37. The third-order valence-corrected chi connectivity index (χ3v) is 8.73. The Morgan fingerprint density at radius 2 is 1.54 bits per heavy atom. The largest absolute Gasteiger partial charge is 0.352 e. The van der Waals surface area contributed by atoms with Crippen LogP contribution in [0, 0.1) is 22.5 Å². The number of carbonyl (C=O) groups is 3. The van der Waals surface area contributed by atoms with E-state index in [0.717, 1.165) is 16.8 Å². The van der Waals surface area contributed by atoms with Crippen LogP contribution < -0.4 is 4.90 Å². The summed E-state index contributed by atoms with van der Waals surface area (Å²) in [7, 11) is 0. The molecule has 3 atom stereocenters. The van der Waals surface area contributed by atoms with Gasteiger partial charge in [0.25, 0.3) is 5.69 Å². The first-order valence-electron chi connectivity index (χ1n) is 13.4. The maximum atomic E-state index is 14.6. The number of hydrogen-bond acceptors (Lipinski definition) is 6. The molecule has 3 aliphatic rings. The monoisotopic (exact) mass is 540 g/mol. The van der Waals surface area contributed by atoms with Crippen molar-refractivity contribution in [2.24, 2.45) is 5.41 Å². The molecule has 0 radical (unpaired) electrons. The number of nitrogens with zero attached hydrogens (tertiary/aromatic N) is 2. The second-order valence-electron chi connectivity index (χ2n) is 10.9. The molecular weight excluding hydrogens is 516 g/mol. The average Bonchev–Trinajstić information content (AvgIpc) is 3.43. The van der Waals surface area contributed by atoms with Gasteiger partial charge in [-0.3, -0.25) is 24.5 Å². The van der Waals surface area contributed by atoms with Crippen LogP contribution in [0.1, 0.15) is 53.7 Å². The second kappa shape index (κ2) is 8.93. The number of Topliss-reactive ketones (excluding diaryl/α,β-unsaturated/α-hetero) is 3. The Morgan fingerprint density at radius 1 is 0.854 bits per heavy atom. The highest BCUT2D eigenvalue weighted by Gasteiger charge is 2.71. The van der Waals surface area contributed by atoms with E-state index in [-0.39, 0.29) is 23.0 Å². The highest BCUT2D eigenvalue weighted by atomic mass is 16.6. The van der Waals surface area contributed by atoms with E-state index >= 15 is 0 Å². The molecule has 7 rings (SSSR count). The van der Waals surface area contributed by atoms with E-state index in [4.69, 9.17) is 0 Å². The molecule has 0 saturated carbocycles. The van der Waals surface area contributed by atoms with Crippen molar-refractivity contribution in [3.63, 3.8) is 0 Å². The molecule has 0 bridgehead atoms. The van der Waals surface area contributed by atoms with E-state index in [1.165, 1.54) is 12.1 Å². The van der Waals surface area contributed by atoms with E-state index in [1.807, 2.05) is 48.2 Å². The molecule has 2 heterocycles. The van der Waals surface area contributed by atoms with Crippen LogP contribution in [0.5, 0.6) is 0 Å². The lowest BCUT2D eigenvalue weighted by atomic mass is 9.64. The topological polar surface area (TPSA) is 97.6 Å². The summed E-state index contributed by atoms with van der Waals surface area (Å²) in [4.78, 5) is 57.2. The Morgan fingerprint density at radius 3 is 2.22 bits per heavy atom. The number of anilines is 1. The fourth-order valence-corrected chi connectivity index (χ4v) is 7.05. The maximum Gasteiger partial charge on any atom is 0.269 e. The first-order chi connectivity index (χ1) is 19.8. The molecule has 1 unspecified atom stereocenters. The predicted molar refractivity (Wildman–Crippen MR) is 154 cm³/mol. The lowest BCUT2D eigenvalue weighted by molar-refractivity contribution is -0.384. The summed E-state index contributed by atoms with van der Waals surface area (Å²) >= 11 is 0. The summed E-state index contributed by atoms with van der Waals surface area (Å²) in [6, 6.07) is 25.7. The first-order valence-corrected chi connectivity index (χ1v) is 13.4. The molecule has 1 aliphatic carbocycles. The molecule has 4 aromatic rings. The van der Waals surface area contributed by atoms with Crippen LogP contribution >= 0.6 is 0 Å². The third-order valence-electron chi connectivity index (χ3n) is 8.73. The van der Waals surface area contributed by atoms with Gasteiger partial charge in [0, 0.05) is 40.4 Å². The molecule has 1 spiro atoms. The zero-order valence-corrected chi connectivity index (χ0v) is 22.1. The van der Waals surface area contributed by atoms with E-state index in [9.17, 15) is 24.5 Å². The molecular formula is C34H24N2O5. The summed E-state index contributed by atoms with van der Waals surface area (Å²) in [6.45, 7) is 1.95. The zero-order chi connectivity index (χ0) is 28.5. The number of carbonyl (C=O) groups excluding carboxylic acids is 3. The Hall–Kier alpha value is -5.17. The van der Waals surface area contributed by atoms with Crippen molar-refractivity contribution in [1.29, 1.82) is 0 Å². The van der Waals surface area contributed by atoms with Crippen LogP contribution in [-0.4, -0.2) is 34.4 Å². The molecule has 7 heteroatoms. The molecule has 200 valence electrons. The fourth-order valence-electron chi connectivity index (χ4n) is 7.05. The van der Waals surface area contributed by atoms with Crippen LogP contribution in [0.4, 0.5) is 11.4 Å². The van der Waals surface area contributed by atoms with Gasteiger partial charge in [0.1, 0.15) is 11.5 Å². The minimum Gasteiger partial charge on any atom is -0.352 e. The molecule has 0 N–H and O–H groups in total. The van der Waals surface area contributed by atoms with Crippen molar-refractivity contribution in [3.05, 3.63) is 147 Å². The molecule has 0 aromatic heterocycles. The molecule has 2 aliphatic heterocycles. The molecule has 7 nitrogen and oxygen atoms in total. The van der Waals surface area contributed by atoms with E-state index < -0.39 is 28.3 Å². The molecule has 41 heavy (non-hydrogen) atoms. The number of benzene rings is 4. The van der Waals surface area contributed by atoms with Gasteiger partial charge in [-0.25, -0.2) is 0 Å². The van der Waals surface area contributed by atoms with E-state index in [1.54, 1.807) is 60.7 Å². The van der Waals surface area contributed by atoms with Gasteiger partial charge in [-0.05, 0) is 29.7 Å². The number of rotatable bonds is 4. The third kappa shape index (κ3) is 3.35. The summed E-state index contributed by atoms with van der Waals surface area (Å²) in [5.74, 6) is -1.99. The van der Waals surface area contributed by atoms with Crippen LogP contribution in [0.15, 0.2) is 103 Å². The van der Waals surface area contributed by atoms with E-state index in [2.05, 4.69) is 0 Å². The van der Waals surface area contributed by atoms with Crippen molar-refractivity contribution in [2.45, 2.75) is 24.9 Å². The molecule has 4 aromatic carbocycles. The van der Waals surface area contributed by atoms with Gasteiger partial charge < -0.3 is 4.90 Å². The quantitative estimate of drug-likeness (QED) is 0.132. The van der Waals surface area contributed by atoms with Crippen LogP contribution in [0.2, 0.25) is 0 Å². The predicted octanol–water partition coefficient (Wildman–Crippen LogP) is 6.22. The standard InChI is InChI=1S/C34H24N2O5/c1-20-14-15-21-16-17-28-34(32(38)25-12-5-6-13-26(25)33(34)39)29(23-10-7-11-24(19-23)36(40)41)30(35(28)27(21)18-20)31(37)22-8-3-2-4-9-22/h2-19,28-30H,1H3/t28?,29-,30+/m1/s1. The number of fused-ring (bicyclic) bond motifs is 5. The van der Waals surface area contributed by atoms with Gasteiger partial charge in [0.2, 0.25) is 0 Å². The Bertz CT molecular complexity index is 1790. The van der Waals surface area contributed by atoms with Crippen LogP contribution in [-0.2, 0) is 0 Å². The lowest BCUT2D eigenvalue weighted by Crippen LogP contribution is -2.48. The number of non-ortho nitro benzene ring substituents is 1. The minimum absolute atomic E-state index is 0.171. The van der Waals surface area contributed by atoms with Gasteiger partial charge in [-0.2, -0.15) is 0 Å². The first kappa shape index (κ1) is 24.8. The van der Waals surface area contributed by atoms with Crippen molar-refractivity contribution < 1.29 is 19.3 Å². The van der Waals surface area contributed by atoms with Gasteiger partial charge in [0.05, 0.1) is 11.0 Å². The summed E-state index contributed by atoms with van der Waals surface area (Å²) in [6.07, 6.45) is 3.75. The summed E-state index contributed by atoms with van der Waals surface area (Å²) in [5, 5.41) is 11.9. The van der Waals surface area contributed by atoms with Crippen molar-refractivity contribution in [2.75, 3.05) is 4.90 Å². The number of hydrogen-bond donors (Lipinski definition) is 0. The molecule has 1 fully saturated rings.